The first-order chi connectivity index (χ1) is 9.56. The molecule has 0 radical (unpaired) electrons. The highest BCUT2D eigenvalue weighted by atomic mass is 16.1. The number of hydrogen-bond donors (Lipinski definition) is 2. The van der Waals surface area contributed by atoms with Gasteiger partial charge < -0.3 is 15.6 Å². The second kappa shape index (κ2) is 6.85. The zero-order valence-corrected chi connectivity index (χ0v) is 12.4. The molecular formula is C14H25N5O. The lowest BCUT2D eigenvalue weighted by atomic mass is 10.0. The fraction of sp³-hybridized carbons (Fsp3) is 0.714. The zero-order valence-electron chi connectivity index (χ0n) is 12.4. The average Bonchev–Trinajstić information content (AvgIpc) is 2.86. The predicted octanol–water partition coefficient (Wildman–Crippen LogP) is 0.503. The van der Waals surface area contributed by atoms with E-state index in [0.717, 1.165) is 32.5 Å². The quantitative estimate of drug-likeness (QED) is 0.795. The third kappa shape index (κ3) is 4.05. The van der Waals surface area contributed by atoms with E-state index in [9.17, 15) is 4.79 Å². The fourth-order valence-electron chi connectivity index (χ4n) is 2.70. The lowest BCUT2D eigenvalue weighted by Crippen LogP contribution is -2.45. The van der Waals surface area contributed by atoms with E-state index in [-0.39, 0.29) is 5.91 Å². The Morgan fingerprint density at radius 3 is 2.80 bits per heavy atom. The first kappa shape index (κ1) is 15.0. The third-order valence-corrected chi connectivity index (χ3v) is 3.84. The van der Waals surface area contributed by atoms with Gasteiger partial charge >= 0.3 is 0 Å². The van der Waals surface area contributed by atoms with Crippen molar-refractivity contribution in [3.8, 4) is 0 Å². The molecule has 3 N–H and O–H groups in total. The lowest BCUT2D eigenvalue weighted by Gasteiger charge is -2.31. The number of primary amides is 1. The number of aromatic nitrogens is 2. The molecule has 1 aromatic rings. The van der Waals surface area contributed by atoms with Gasteiger partial charge in [0.1, 0.15) is 0 Å². The minimum absolute atomic E-state index is 0.239. The Bertz CT molecular complexity index is 435. The molecule has 0 atom stereocenters. The van der Waals surface area contributed by atoms with Gasteiger partial charge in [0, 0.05) is 37.9 Å². The van der Waals surface area contributed by atoms with Crippen molar-refractivity contribution in [1.29, 1.82) is 0 Å². The number of piperidine rings is 1. The molecule has 2 heterocycles. The number of hydrogen-bond acceptors (Lipinski definition) is 4. The smallest absolute Gasteiger partial charge is 0.231 e. The molecule has 0 aromatic carbocycles. The molecule has 20 heavy (non-hydrogen) atoms. The number of nitrogens with two attached hydrogens (primary N) is 1. The molecule has 112 valence electrons. The number of likely N-dealkylation sites (tertiary alicyclic amines) is 1. The lowest BCUT2D eigenvalue weighted by molar-refractivity contribution is -0.119. The molecule has 0 aliphatic carbocycles. The predicted molar refractivity (Wildman–Crippen MR) is 78.1 cm³/mol. The van der Waals surface area contributed by atoms with Crippen molar-refractivity contribution in [2.45, 2.75) is 45.3 Å². The number of amides is 1. The molecule has 1 amide bonds. The SMILES string of the molecule is CC(C)n1cncc1CNC1CCN(CC(N)=O)CC1. The van der Waals surface area contributed by atoms with E-state index in [0.29, 0.717) is 18.6 Å². The van der Waals surface area contributed by atoms with Crippen molar-refractivity contribution in [3.63, 3.8) is 0 Å². The van der Waals surface area contributed by atoms with Crippen LogP contribution < -0.4 is 11.1 Å². The van der Waals surface area contributed by atoms with Crippen molar-refractivity contribution in [2.24, 2.45) is 5.73 Å². The molecular weight excluding hydrogens is 254 g/mol. The van der Waals surface area contributed by atoms with Gasteiger partial charge in [-0.2, -0.15) is 0 Å². The average molecular weight is 279 g/mol. The van der Waals surface area contributed by atoms with Crippen LogP contribution in [0, 0.1) is 0 Å². The summed E-state index contributed by atoms with van der Waals surface area (Å²) in [5.41, 5.74) is 6.44. The maximum Gasteiger partial charge on any atom is 0.231 e. The van der Waals surface area contributed by atoms with Crippen molar-refractivity contribution >= 4 is 5.91 Å². The highest BCUT2D eigenvalue weighted by Gasteiger charge is 2.20. The van der Waals surface area contributed by atoms with Crippen LogP contribution in [-0.4, -0.2) is 46.0 Å². The van der Waals surface area contributed by atoms with Crippen LogP contribution in [-0.2, 0) is 11.3 Å². The Balaban J connectivity index is 1.76. The minimum atomic E-state index is -0.239. The van der Waals surface area contributed by atoms with Crippen LogP contribution in [0.4, 0.5) is 0 Å². The maximum atomic E-state index is 10.9. The molecule has 0 bridgehead atoms. The minimum Gasteiger partial charge on any atom is -0.369 e. The highest BCUT2D eigenvalue weighted by molar-refractivity contribution is 5.75. The van der Waals surface area contributed by atoms with E-state index in [1.165, 1.54) is 5.69 Å². The van der Waals surface area contributed by atoms with Crippen LogP contribution in [0.3, 0.4) is 0 Å². The van der Waals surface area contributed by atoms with E-state index in [2.05, 4.69) is 33.6 Å². The second-order valence-corrected chi connectivity index (χ2v) is 5.78. The Morgan fingerprint density at radius 2 is 2.20 bits per heavy atom. The van der Waals surface area contributed by atoms with Crippen LogP contribution >= 0.6 is 0 Å². The van der Waals surface area contributed by atoms with Crippen LogP contribution in [0.25, 0.3) is 0 Å². The van der Waals surface area contributed by atoms with Crippen molar-refractivity contribution in [3.05, 3.63) is 18.2 Å². The first-order valence-corrected chi connectivity index (χ1v) is 7.31. The molecule has 6 nitrogen and oxygen atoms in total. The summed E-state index contributed by atoms with van der Waals surface area (Å²) in [6, 6.07) is 0.946. The molecule has 1 aromatic heterocycles. The number of nitrogens with one attached hydrogen (secondary N) is 1. The van der Waals surface area contributed by atoms with E-state index < -0.39 is 0 Å². The summed E-state index contributed by atoms with van der Waals surface area (Å²) in [6.07, 6.45) is 5.93. The van der Waals surface area contributed by atoms with Gasteiger partial charge in [-0.25, -0.2) is 4.98 Å². The van der Waals surface area contributed by atoms with Gasteiger partial charge in [-0.3, -0.25) is 9.69 Å². The number of carbonyl (C=O) groups excluding carboxylic acids is 1. The largest absolute Gasteiger partial charge is 0.369 e. The summed E-state index contributed by atoms with van der Waals surface area (Å²) in [5.74, 6) is -0.239. The highest BCUT2D eigenvalue weighted by Crippen LogP contribution is 2.12. The molecule has 0 unspecified atom stereocenters. The summed E-state index contributed by atoms with van der Waals surface area (Å²) < 4.78 is 2.19. The number of rotatable bonds is 6. The van der Waals surface area contributed by atoms with E-state index in [4.69, 9.17) is 5.73 Å². The monoisotopic (exact) mass is 279 g/mol. The molecule has 1 aliphatic rings. The summed E-state index contributed by atoms with van der Waals surface area (Å²) in [5, 5.41) is 3.59. The summed E-state index contributed by atoms with van der Waals surface area (Å²) in [6.45, 7) is 7.42. The topological polar surface area (TPSA) is 76.2 Å². The molecule has 1 fully saturated rings. The van der Waals surface area contributed by atoms with Gasteiger partial charge in [-0.05, 0) is 26.7 Å². The van der Waals surface area contributed by atoms with Gasteiger partial charge in [-0.15, -0.1) is 0 Å². The van der Waals surface area contributed by atoms with Gasteiger partial charge in [0.15, 0.2) is 0 Å². The third-order valence-electron chi connectivity index (χ3n) is 3.84. The van der Waals surface area contributed by atoms with Gasteiger partial charge in [0.05, 0.1) is 18.6 Å². The van der Waals surface area contributed by atoms with E-state index in [1.807, 2.05) is 12.5 Å². The van der Waals surface area contributed by atoms with E-state index >= 15 is 0 Å². The summed E-state index contributed by atoms with van der Waals surface area (Å²) in [4.78, 5) is 17.2. The van der Waals surface area contributed by atoms with Crippen molar-refractivity contribution in [1.82, 2.24) is 19.8 Å². The molecule has 1 saturated heterocycles. The maximum absolute atomic E-state index is 10.9. The number of imidazole rings is 1. The van der Waals surface area contributed by atoms with Crippen LogP contribution in [0.15, 0.2) is 12.5 Å². The van der Waals surface area contributed by atoms with Crippen molar-refractivity contribution in [2.75, 3.05) is 19.6 Å². The van der Waals surface area contributed by atoms with Gasteiger partial charge in [-0.1, -0.05) is 0 Å². The van der Waals surface area contributed by atoms with Crippen LogP contribution in [0.5, 0.6) is 0 Å². The van der Waals surface area contributed by atoms with Gasteiger partial charge in [0.2, 0.25) is 5.91 Å². The summed E-state index contributed by atoms with van der Waals surface area (Å²) >= 11 is 0. The second-order valence-electron chi connectivity index (χ2n) is 5.78. The molecule has 1 aliphatic heterocycles. The molecule has 6 heteroatoms. The zero-order chi connectivity index (χ0) is 14.5. The standard InChI is InChI=1S/C14H25N5O/c1-11(2)19-10-16-7-13(19)8-17-12-3-5-18(6-4-12)9-14(15)20/h7,10-12,17H,3-6,8-9H2,1-2H3,(H2,15,20). The Hall–Kier alpha value is -1.40. The molecule has 0 saturated carbocycles. The molecule has 0 spiro atoms. The number of nitrogens with zero attached hydrogens (tertiary/aromatic N) is 3. The Morgan fingerprint density at radius 1 is 1.50 bits per heavy atom. The number of carbonyl (C=O) groups is 1. The summed E-state index contributed by atoms with van der Waals surface area (Å²) in [7, 11) is 0. The van der Waals surface area contributed by atoms with Crippen molar-refractivity contribution < 1.29 is 4.79 Å². The van der Waals surface area contributed by atoms with Gasteiger partial charge in [0.25, 0.3) is 0 Å². The van der Waals surface area contributed by atoms with Crippen LogP contribution in [0.1, 0.15) is 38.4 Å². The Kier molecular flexibility index (Phi) is 5.14. The van der Waals surface area contributed by atoms with Crippen LogP contribution in [0.2, 0.25) is 0 Å². The first-order valence-electron chi connectivity index (χ1n) is 7.31. The molecule has 2 rings (SSSR count). The fourth-order valence-corrected chi connectivity index (χ4v) is 2.70. The normalized spacial score (nSPS) is 17.8. The Labute approximate surface area is 120 Å². The van der Waals surface area contributed by atoms with E-state index in [1.54, 1.807) is 0 Å².